The number of carbonyl (C=O) groups excluding carboxylic acids is 1. The standard InChI is InChI=1S/C18H16ClN3OS/c1-12-4-2-3-5-16(12)22-17(23)13-6-8-14(9-7-13)20-10-15-11-21-18(19)24-15/h2-9,11,20H,10H2,1H3,(H,22,23). The monoisotopic (exact) mass is 357 g/mol. The van der Waals surface area contributed by atoms with E-state index in [1.54, 1.807) is 18.3 Å². The number of aromatic nitrogens is 1. The van der Waals surface area contributed by atoms with E-state index in [4.69, 9.17) is 11.6 Å². The second-order valence-corrected chi connectivity index (χ2v) is 6.98. The van der Waals surface area contributed by atoms with Crippen molar-refractivity contribution in [3.05, 3.63) is 75.2 Å². The summed E-state index contributed by atoms with van der Waals surface area (Å²) >= 11 is 7.26. The Kier molecular flexibility index (Phi) is 5.13. The van der Waals surface area contributed by atoms with E-state index in [0.717, 1.165) is 21.8 Å². The summed E-state index contributed by atoms with van der Waals surface area (Å²) in [5, 5.41) is 6.21. The molecule has 1 heterocycles. The average molecular weight is 358 g/mol. The van der Waals surface area contributed by atoms with Gasteiger partial charge in [0.2, 0.25) is 0 Å². The summed E-state index contributed by atoms with van der Waals surface area (Å²) in [6, 6.07) is 15.1. The van der Waals surface area contributed by atoms with Crippen LogP contribution >= 0.6 is 22.9 Å². The van der Waals surface area contributed by atoms with Crippen LogP contribution < -0.4 is 10.6 Å². The Hall–Kier alpha value is -2.37. The minimum atomic E-state index is -0.120. The number of anilines is 2. The van der Waals surface area contributed by atoms with E-state index in [-0.39, 0.29) is 5.91 Å². The van der Waals surface area contributed by atoms with Crippen LogP contribution in [-0.4, -0.2) is 10.9 Å². The fourth-order valence-electron chi connectivity index (χ4n) is 2.20. The number of nitrogens with one attached hydrogen (secondary N) is 2. The molecule has 6 heteroatoms. The summed E-state index contributed by atoms with van der Waals surface area (Å²) in [4.78, 5) is 17.4. The smallest absolute Gasteiger partial charge is 0.255 e. The molecule has 1 amide bonds. The largest absolute Gasteiger partial charge is 0.380 e. The number of carbonyl (C=O) groups is 1. The van der Waals surface area contributed by atoms with Crippen molar-refractivity contribution in [3.63, 3.8) is 0 Å². The number of amides is 1. The highest BCUT2D eigenvalue weighted by molar-refractivity contribution is 7.15. The number of para-hydroxylation sites is 1. The van der Waals surface area contributed by atoms with Gasteiger partial charge in [-0.05, 0) is 42.8 Å². The third kappa shape index (κ3) is 4.13. The summed E-state index contributed by atoms with van der Waals surface area (Å²) in [7, 11) is 0. The van der Waals surface area contributed by atoms with Gasteiger partial charge in [-0.25, -0.2) is 4.98 Å². The highest BCUT2D eigenvalue weighted by Crippen LogP contribution is 2.20. The SMILES string of the molecule is Cc1ccccc1NC(=O)c1ccc(NCc2cnc(Cl)s2)cc1. The molecule has 0 saturated heterocycles. The van der Waals surface area contributed by atoms with Crippen LogP contribution in [0.1, 0.15) is 20.8 Å². The van der Waals surface area contributed by atoms with Crippen molar-refractivity contribution in [2.75, 3.05) is 10.6 Å². The molecule has 0 unspecified atom stereocenters. The molecule has 0 bridgehead atoms. The number of hydrogen-bond donors (Lipinski definition) is 2. The summed E-state index contributed by atoms with van der Waals surface area (Å²) < 4.78 is 0.537. The van der Waals surface area contributed by atoms with Crippen LogP contribution in [0.4, 0.5) is 11.4 Å². The number of aryl methyl sites for hydroxylation is 1. The Balaban J connectivity index is 1.61. The zero-order chi connectivity index (χ0) is 16.9. The van der Waals surface area contributed by atoms with Gasteiger partial charge < -0.3 is 10.6 Å². The fraction of sp³-hybridized carbons (Fsp3) is 0.111. The lowest BCUT2D eigenvalue weighted by Gasteiger charge is -2.09. The number of halogens is 1. The van der Waals surface area contributed by atoms with E-state index in [0.29, 0.717) is 16.6 Å². The molecule has 0 fully saturated rings. The Morgan fingerprint density at radius 3 is 2.58 bits per heavy atom. The minimum Gasteiger partial charge on any atom is -0.380 e. The van der Waals surface area contributed by atoms with Crippen LogP contribution in [-0.2, 0) is 6.54 Å². The Bertz CT molecular complexity index is 845. The third-order valence-electron chi connectivity index (χ3n) is 3.53. The van der Waals surface area contributed by atoms with Gasteiger partial charge in [-0.3, -0.25) is 4.79 Å². The number of hydrogen-bond acceptors (Lipinski definition) is 4. The number of benzene rings is 2. The second-order valence-electron chi connectivity index (χ2n) is 5.28. The summed E-state index contributed by atoms with van der Waals surface area (Å²) in [6.07, 6.45) is 1.75. The fourth-order valence-corrected chi connectivity index (χ4v) is 3.12. The predicted molar refractivity (Wildman–Crippen MR) is 100 cm³/mol. The topological polar surface area (TPSA) is 54.0 Å². The molecule has 0 aliphatic carbocycles. The lowest BCUT2D eigenvalue weighted by atomic mass is 10.1. The quantitative estimate of drug-likeness (QED) is 0.677. The maximum Gasteiger partial charge on any atom is 0.255 e. The van der Waals surface area contributed by atoms with Gasteiger partial charge in [0.1, 0.15) is 0 Å². The van der Waals surface area contributed by atoms with E-state index >= 15 is 0 Å². The third-order valence-corrected chi connectivity index (χ3v) is 4.65. The van der Waals surface area contributed by atoms with E-state index in [9.17, 15) is 4.79 Å². The molecule has 2 aromatic carbocycles. The van der Waals surface area contributed by atoms with Gasteiger partial charge in [-0.1, -0.05) is 29.8 Å². The van der Waals surface area contributed by atoms with Gasteiger partial charge in [0.25, 0.3) is 5.91 Å². The first-order valence-corrected chi connectivity index (χ1v) is 8.62. The van der Waals surface area contributed by atoms with Crippen molar-refractivity contribution in [2.24, 2.45) is 0 Å². The average Bonchev–Trinajstić information content (AvgIpc) is 3.01. The minimum absolute atomic E-state index is 0.120. The van der Waals surface area contributed by atoms with Crippen molar-refractivity contribution in [3.8, 4) is 0 Å². The molecule has 0 atom stereocenters. The van der Waals surface area contributed by atoms with Crippen molar-refractivity contribution < 1.29 is 4.79 Å². The van der Waals surface area contributed by atoms with Gasteiger partial charge in [-0.15, -0.1) is 11.3 Å². The molecule has 3 rings (SSSR count). The molecule has 0 saturated carbocycles. The van der Waals surface area contributed by atoms with Crippen LogP contribution in [0.5, 0.6) is 0 Å². The van der Waals surface area contributed by atoms with Crippen LogP contribution in [0.2, 0.25) is 4.47 Å². The second kappa shape index (κ2) is 7.47. The molecule has 0 radical (unpaired) electrons. The first-order valence-electron chi connectivity index (χ1n) is 7.43. The highest BCUT2D eigenvalue weighted by Gasteiger charge is 2.07. The first kappa shape index (κ1) is 16.5. The molecule has 122 valence electrons. The van der Waals surface area contributed by atoms with E-state index in [1.807, 2.05) is 43.3 Å². The molecular formula is C18H16ClN3OS. The van der Waals surface area contributed by atoms with Crippen molar-refractivity contribution in [1.82, 2.24) is 4.98 Å². The van der Waals surface area contributed by atoms with Gasteiger partial charge in [0.15, 0.2) is 4.47 Å². The van der Waals surface area contributed by atoms with Crippen LogP contribution in [0.3, 0.4) is 0 Å². The highest BCUT2D eigenvalue weighted by atomic mass is 35.5. The molecule has 4 nitrogen and oxygen atoms in total. The van der Waals surface area contributed by atoms with Gasteiger partial charge in [0, 0.05) is 28.0 Å². The van der Waals surface area contributed by atoms with Crippen LogP contribution in [0.25, 0.3) is 0 Å². The lowest BCUT2D eigenvalue weighted by molar-refractivity contribution is 0.102. The lowest BCUT2D eigenvalue weighted by Crippen LogP contribution is -2.12. The molecule has 2 N–H and O–H groups in total. The molecule has 3 aromatic rings. The van der Waals surface area contributed by atoms with Crippen LogP contribution in [0, 0.1) is 6.92 Å². The Morgan fingerprint density at radius 1 is 1.17 bits per heavy atom. The van der Waals surface area contributed by atoms with Crippen molar-refractivity contribution >= 4 is 40.2 Å². The van der Waals surface area contributed by atoms with Crippen molar-refractivity contribution in [2.45, 2.75) is 13.5 Å². The number of thiazole rings is 1. The maximum atomic E-state index is 12.3. The first-order chi connectivity index (χ1) is 11.6. The number of rotatable bonds is 5. The van der Waals surface area contributed by atoms with E-state index in [1.165, 1.54) is 11.3 Å². The Labute approximate surface area is 149 Å². The maximum absolute atomic E-state index is 12.3. The number of nitrogens with zero attached hydrogens (tertiary/aromatic N) is 1. The zero-order valence-electron chi connectivity index (χ0n) is 13.0. The summed E-state index contributed by atoms with van der Waals surface area (Å²) in [5.41, 5.74) is 3.41. The molecule has 24 heavy (non-hydrogen) atoms. The summed E-state index contributed by atoms with van der Waals surface area (Å²) in [6.45, 7) is 2.62. The molecule has 0 aliphatic rings. The van der Waals surface area contributed by atoms with Gasteiger partial charge >= 0.3 is 0 Å². The normalized spacial score (nSPS) is 10.4. The van der Waals surface area contributed by atoms with Crippen molar-refractivity contribution in [1.29, 1.82) is 0 Å². The summed E-state index contributed by atoms with van der Waals surface area (Å²) in [5.74, 6) is -0.120. The molecular weight excluding hydrogens is 342 g/mol. The predicted octanol–water partition coefficient (Wildman–Crippen LogP) is 4.97. The molecule has 1 aromatic heterocycles. The van der Waals surface area contributed by atoms with Crippen LogP contribution in [0.15, 0.2) is 54.7 Å². The Morgan fingerprint density at radius 2 is 1.92 bits per heavy atom. The van der Waals surface area contributed by atoms with E-state index < -0.39 is 0 Å². The molecule has 0 aliphatic heterocycles. The molecule has 0 spiro atoms. The van der Waals surface area contributed by atoms with E-state index in [2.05, 4.69) is 15.6 Å². The van der Waals surface area contributed by atoms with Gasteiger partial charge in [-0.2, -0.15) is 0 Å². The zero-order valence-corrected chi connectivity index (χ0v) is 14.6. The van der Waals surface area contributed by atoms with Gasteiger partial charge in [0.05, 0.1) is 6.54 Å².